The van der Waals surface area contributed by atoms with E-state index in [4.69, 9.17) is 10.00 Å². The maximum Gasteiger partial charge on any atom is 0.0943 e. The van der Waals surface area contributed by atoms with Gasteiger partial charge >= 0.3 is 0 Å². The molecule has 13 heavy (non-hydrogen) atoms. The highest BCUT2D eigenvalue weighted by Crippen LogP contribution is 2.29. The van der Waals surface area contributed by atoms with E-state index < -0.39 is 0 Å². The molecule has 1 heterocycles. The predicted molar refractivity (Wildman–Crippen MR) is 49.0 cm³/mol. The molecular formula is C10H14N2O. The van der Waals surface area contributed by atoms with Crippen LogP contribution in [0, 0.1) is 17.2 Å². The Balaban J connectivity index is 1.87. The van der Waals surface area contributed by atoms with E-state index in [1.807, 2.05) is 6.08 Å². The Morgan fingerprint density at radius 3 is 3.15 bits per heavy atom. The highest BCUT2D eigenvalue weighted by atomic mass is 16.5. The van der Waals surface area contributed by atoms with Gasteiger partial charge < -0.3 is 10.1 Å². The number of nitrogens with one attached hydrogen (secondary N) is 1. The standard InChI is InChI=1S/C10H14N2O/c11-6-8-1-2-9(5-8)10-7-12-3-4-13-10/h1,9-10,12H,2-5,7H2. The summed E-state index contributed by atoms with van der Waals surface area (Å²) in [6.07, 6.45) is 4.27. The van der Waals surface area contributed by atoms with Gasteiger partial charge in [-0.15, -0.1) is 0 Å². The van der Waals surface area contributed by atoms with Gasteiger partial charge in [0.25, 0.3) is 0 Å². The van der Waals surface area contributed by atoms with E-state index in [0.717, 1.165) is 38.1 Å². The van der Waals surface area contributed by atoms with Crippen LogP contribution in [0.1, 0.15) is 12.8 Å². The van der Waals surface area contributed by atoms with Crippen LogP contribution in [-0.4, -0.2) is 25.8 Å². The predicted octanol–water partition coefficient (Wildman–Crippen LogP) is 0.835. The molecule has 70 valence electrons. The van der Waals surface area contributed by atoms with Crippen molar-refractivity contribution < 1.29 is 4.74 Å². The van der Waals surface area contributed by atoms with E-state index in [1.54, 1.807) is 0 Å². The lowest BCUT2D eigenvalue weighted by molar-refractivity contribution is -0.00596. The molecule has 1 saturated heterocycles. The van der Waals surface area contributed by atoms with Crippen molar-refractivity contribution in [2.45, 2.75) is 18.9 Å². The quantitative estimate of drug-likeness (QED) is 0.647. The fourth-order valence-corrected chi connectivity index (χ4v) is 2.01. The zero-order chi connectivity index (χ0) is 9.10. The Kier molecular flexibility index (Phi) is 2.62. The smallest absolute Gasteiger partial charge is 0.0943 e. The molecule has 2 unspecified atom stereocenters. The van der Waals surface area contributed by atoms with Crippen LogP contribution in [0.15, 0.2) is 11.6 Å². The molecule has 0 bridgehead atoms. The second-order valence-corrected chi connectivity index (χ2v) is 3.65. The molecule has 1 aliphatic heterocycles. The van der Waals surface area contributed by atoms with E-state index in [-0.39, 0.29) is 0 Å². The molecule has 0 aromatic heterocycles. The van der Waals surface area contributed by atoms with Crippen LogP contribution < -0.4 is 5.32 Å². The van der Waals surface area contributed by atoms with Crippen molar-refractivity contribution in [3.05, 3.63) is 11.6 Å². The number of nitriles is 1. The second-order valence-electron chi connectivity index (χ2n) is 3.65. The first-order valence-electron chi connectivity index (χ1n) is 4.81. The highest BCUT2D eigenvalue weighted by Gasteiger charge is 2.27. The van der Waals surface area contributed by atoms with Gasteiger partial charge in [0, 0.05) is 18.7 Å². The van der Waals surface area contributed by atoms with Crippen LogP contribution in [0.2, 0.25) is 0 Å². The van der Waals surface area contributed by atoms with Crippen LogP contribution >= 0.6 is 0 Å². The topological polar surface area (TPSA) is 45.0 Å². The third-order valence-corrected chi connectivity index (χ3v) is 2.77. The molecule has 0 amide bonds. The zero-order valence-electron chi connectivity index (χ0n) is 7.62. The van der Waals surface area contributed by atoms with Gasteiger partial charge in [0.1, 0.15) is 0 Å². The molecule has 0 saturated carbocycles. The van der Waals surface area contributed by atoms with Gasteiger partial charge in [-0.05, 0) is 18.8 Å². The lowest BCUT2D eigenvalue weighted by atomic mass is 9.98. The maximum absolute atomic E-state index is 8.71. The first-order valence-corrected chi connectivity index (χ1v) is 4.81. The summed E-state index contributed by atoms with van der Waals surface area (Å²) in [5.74, 6) is 0.530. The largest absolute Gasteiger partial charge is 0.375 e. The minimum atomic E-state index is 0.316. The van der Waals surface area contributed by atoms with Crippen LogP contribution in [-0.2, 0) is 4.74 Å². The summed E-state index contributed by atoms with van der Waals surface area (Å²) in [7, 11) is 0. The molecule has 1 N–H and O–H groups in total. The molecule has 1 fully saturated rings. The molecule has 0 spiro atoms. The van der Waals surface area contributed by atoms with E-state index in [9.17, 15) is 0 Å². The van der Waals surface area contributed by atoms with E-state index in [1.165, 1.54) is 0 Å². The van der Waals surface area contributed by atoms with Gasteiger partial charge in [0.05, 0.1) is 18.8 Å². The lowest BCUT2D eigenvalue weighted by Gasteiger charge is -2.28. The maximum atomic E-state index is 8.71. The van der Waals surface area contributed by atoms with Crippen molar-refractivity contribution in [3.63, 3.8) is 0 Å². The summed E-state index contributed by atoms with van der Waals surface area (Å²) in [6.45, 7) is 2.71. The number of nitrogens with zero attached hydrogens (tertiary/aromatic N) is 1. The monoisotopic (exact) mass is 178 g/mol. The second kappa shape index (κ2) is 3.91. The fraction of sp³-hybridized carbons (Fsp3) is 0.700. The van der Waals surface area contributed by atoms with E-state index in [2.05, 4.69) is 11.4 Å². The lowest BCUT2D eigenvalue weighted by Crippen LogP contribution is -2.42. The van der Waals surface area contributed by atoms with Crippen LogP contribution in [0.4, 0.5) is 0 Å². The molecule has 0 aromatic carbocycles. The van der Waals surface area contributed by atoms with Gasteiger partial charge in [-0.3, -0.25) is 0 Å². The Hall–Kier alpha value is -0.850. The van der Waals surface area contributed by atoms with Gasteiger partial charge in [-0.2, -0.15) is 5.26 Å². The van der Waals surface area contributed by atoms with Crippen molar-refractivity contribution in [3.8, 4) is 6.07 Å². The normalized spacial score (nSPS) is 33.9. The molecule has 3 nitrogen and oxygen atoms in total. The average molecular weight is 178 g/mol. The van der Waals surface area contributed by atoms with Crippen LogP contribution in [0.25, 0.3) is 0 Å². The molecule has 3 heteroatoms. The Bertz CT molecular complexity index is 248. The summed E-state index contributed by atoms with van der Waals surface area (Å²) >= 11 is 0. The van der Waals surface area contributed by atoms with Crippen molar-refractivity contribution in [1.29, 1.82) is 5.26 Å². The van der Waals surface area contributed by atoms with Gasteiger partial charge in [0.15, 0.2) is 0 Å². The third-order valence-electron chi connectivity index (χ3n) is 2.77. The van der Waals surface area contributed by atoms with Crippen molar-refractivity contribution in [2.24, 2.45) is 5.92 Å². The summed E-state index contributed by atoms with van der Waals surface area (Å²) in [5.41, 5.74) is 0.930. The van der Waals surface area contributed by atoms with Crippen LogP contribution in [0.5, 0.6) is 0 Å². The number of morpholine rings is 1. The van der Waals surface area contributed by atoms with Gasteiger partial charge in [0.2, 0.25) is 0 Å². The zero-order valence-corrected chi connectivity index (χ0v) is 7.62. The van der Waals surface area contributed by atoms with Crippen molar-refractivity contribution in [1.82, 2.24) is 5.32 Å². The number of hydrogen-bond donors (Lipinski definition) is 1. The van der Waals surface area contributed by atoms with Gasteiger partial charge in [-0.1, -0.05) is 6.08 Å². The number of allylic oxidation sites excluding steroid dienone is 2. The number of ether oxygens (including phenoxy) is 1. The molecule has 0 radical (unpaired) electrons. The van der Waals surface area contributed by atoms with Crippen molar-refractivity contribution in [2.75, 3.05) is 19.7 Å². The average Bonchev–Trinajstić information content (AvgIpc) is 2.67. The molecular weight excluding hydrogens is 164 g/mol. The summed E-state index contributed by atoms with van der Waals surface area (Å²) in [5, 5.41) is 12.0. The minimum Gasteiger partial charge on any atom is -0.375 e. The molecule has 1 aliphatic carbocycles. The Morgan fingerprint density at radius 2 is 2.54 bits per heavy atom. The minimum absolute atomic E-state index is 0.316. The molecule has 2 aliphatic rings. The highest BCUT2D eigenvalue weighted by molar-refractivity contribution is 5.25. The van der Waals surface area contributed by atoms with Crippen LogP contribution in [0.3, 0.4) is 0 Å². The van der Waals surface area contributed by atoms with E-state index >= 15 is 0 Å². The first kappa shape index (κ1) is 8.74. The summed E-state index contributed by atoms with van der Waals surface area (Å²) < 4.78 is 5.65. The molecule has 0 aromatic rings. The molecule has 2 atom stereocenters. The number of rotatable bonds is 1. The first-order chi connectivity index (χ1) is 6.40. The Morgan fingerprint density at radius 1 is 1.62 bits per heavy atom. The van der Waals surface area contributed by atoms with Gasteiger partial charge in [-0.25, -0.2) is 0 Å². The Labute approximate surface area is 78.4 Å². The third kappa shape index (κ3) is 1.90. The summed E-state index contributed by atoms with van der Waals surface area (Å²) in [6, 6.07) is 2.22. The SMILES string of the molecule is N#CC1=CCC(C2CNCCO2)C1. The number of hydrogen-bond acceptors (Lipinski definition) is 3. The van der Waals surface area contributed by atoms with E-state index in [0.29, 0.717) is 12.0 Å². The molecule has 2 rings (SSSR count). The van der Waals surface area contributed by atoms with Crippen molar-refractivity contribution >= 4 is 0 Å². The fourth-order valence-electron chi connectivity index (χ4n) is 2.01. The summed E-state index contributed by atoms with van der Waals surface area (Å²) in [4.78, 5) is 0.